The number of nitrogens with two attached hydrogens (primary N) is 1. The normalized spacial score (nSPS) is 25.9. The standard InChI is InChI=1S/C11H19N3O3/c12-10(15)8-1-4-14(5-2-8)11(16)13-9-3-6-17-7-9/h8-9H,1-7H2,(H2,12,15)(H,13,16). The maximum Gasteiger partial charge on any atom is 0.317 e. The van der Waals surface area contributed by atoms with Crippen molar-refractivity contribution >= 4 is 11.9 Å². The van der Waals surface area contributed by atoms with Crippen molar-refractivity contribution in [2.75, 3.05) is 26.3 Å². The molecule has 0 spiro atoms. The van der Waals surface area contributed by atoms with Crippen molar-refractivity contribution in [3.63, 3.8) is 0 Å². The molecule has 2 aliphatic rings. The van der Waals surface area contributed by atoms with Crippen molar-refractivity contribution in [3.8, 4) is 0 Å². The topological polar surface area (TPSA) is 84.7 Å². The lowest BCUT2D eigenvalue weighted by atomic mass is 9.96. The fourth-order valence-corrected chi connectivity index (χ4v) is 2.28. The summed E-state index contributed by atoms with van der Waals surface area (Å²) in [5.41, 5.74) is 5.25. The van der Waals surface area contributed by atoms with Crippen LogP contribution in [0.4, 0.5) is 4.79 Å². The summed E-state index contributed by atoms with van der Waals surface area (Å²) in [7, 11) is 0. The number of hydrogen-bond acceptors (Lipinski definition) is 3. The summed E-state index contributed by atoms with van der Waals surface area (Å²) in [4.78, 5) is 24.6. The molecule has 2 heterocycles. The first-order valence-corrected chi connectivity index (χ1v) is 6.09. The van der Waals surface area contributed by atoms with Crippen molar-refractivity contribution in [1.29, 1.82) is 0 Å². The van der Waals surface area contributed by atoms with Crippen molar-refractivity contribution in [2.24, 2.45) is 11.7 Å². The second kappa shape index (κ2) is 5.35. The molecule has 0 aromatic heterocycles. The van der Waals surface area contributed by atoms with Gasteiger partial charge in [-0.3, -0.25) is 4.79 Å². The van der Waals surface area contributed by atoms with Gasteiger partial charge in [0.2, 0.25) is 5.91 Å². The summed E-state index contributed by atoms with van der Waals surface area (Å²) < 4.78 is 5.20. The van der Waals surface area contributed by atoms with E-state index < -0.39 is 0 Å². The number of ether oxygens (including phenoxy) is 1. The van der Waals surface area contributed by atoms with Crippen LogP contribution in [0.3, 0.4) is 0 Å². The largest absolute Gasteiger partial charge is 0.379 e. The Bertz CT molecular complexity index is 294. The molecule has 1 atom stereocenters. The fraction of sp³-hybridized carbons (Fsp3) is 0.818. The number of urea groups is 1. The van der Waals surface area contributed by atoms with Crippen molar-refractivity contribution in [1.82, 2.24) is 10.2 Å². The van der Waals surface area contributed by atoms with Gasteiger partial charge in [-0.05, 0) is 19.3 Å². The van der Waals surface area contributed by atoms with Crippen LogP contribution in [0, 0.1) is 5.92 Å². The van der Waals surface area contributed by atoms with Crippen LogP contribution in [0.25, 0.3) is 0 Å². The zero-order valence-electron chi connectivity index (χ0n) is 9.85. The van der Waals surface area contributed by atoms with Crippen LogP contribution in [-0.2, 0) is 9.53 Å². The molecular formula is C11H19N3O3. The third kappa shape index (κ3) is 3.09. The van der Waals surface area contributed by atoms with E-state index in [-0.39, 0.29) is 23.9 Å². The Kier molecular flexibility index (Phi) is 3.83. The minimum Gasteiger partial charge on any atom is -0.379 e. The van der Waals surface area contributed by atoms with Gasteiger partial charge in [0, 0.05) is 25.6 Å². The predicted molar refractivity (Wildman–Crippen MR) is 61.2 cm³/mol. The molecule has 3 amide bonds. The Hall–Kier alpha value is -1.30. The van der Waals surface area contributed by atoms with E-state index in [2.05, 4.69) is 5.32 Å². The Morgan fingerprint density at radius 2 is 1.94 bits per heavy atom. The van der Waals surface area contributed by atoms with Gasteiger partial charge < -0.3 is 20.7 Å². The van der Waals surface area contributed by atoms with Gasteiger partial charge >= 0.3 is 6.03 Å². The molecule has 0 bridgehead atoms. The zero-order chi connectivity index (χ0) is 12.3. The van der Waals surface area contributed by atoms with Gasteiger partial charge in [0.1, 0.15) is 0 Å². The van der Waals surface area contributed by atoms with Crippen LogP contribution in [0.5, 0.6) is 0 Å². The lowest BCUT2D eigenvalue weighted by Gasteiger charge is -2.31. The summed E-state index contributed by atoms with van der Waals surface area (Å²) in [5.74, 6) is -0.330. The van der Waals surface area contributed by atoms with Gasteiger partial charge in [-0.1, -0.05) is 0 Å². The van der Waals surface area contributed by atoms with Crippen LogP contribution >= 0.6 is 0 Å². The molecule has 2 saturated heterocycles. The number of likely N-dealkylation sites (tertiary alicyclic amines) is 1. The third-order valence-corrected chi connectivity index (χ3v) is 3.44. The Balaban J connectivity index is 1.75. The first kappa shape index (κ1) is 12.2. The molecule has 0 radical (unpaired) electrons. The first-order chi connectivity index (χ1) is 8.16. The highest BCUT2D eigenvalue weighted by atomic mass is 16.5. The monoisotopic (exact) mass is 241 g/mol. The number of carbonyl (C=O) groups excluding carboxylic acids is 2. The lowest BCUT2D eigenvalue weighted by Crippen LogP contribution is -2.49. The molecule has 0 saturated carbocycles. The third-order valence-electron chi connectivity index (χ3n) is 3.44. The lowest BCUT2D eigenvalue weighted by molar-refractivity contribution is -0.123. The molecule has 0 aromatic carbocycles. The van der Waals surface area contributed by atoms with Crippen molar-refractivity contribution in [2.45, 2.75) is 25.3 Å². The molecule has 6 heteroatoms. The molecule has 0 aromatic rings. The molecule has 3 N–H and O–H groups in total. The van der Waals surface area contributed by atoms with E-state index in [1.165, 1.54) is 0 Å². The quantitative estimate of drug-likeness (QED) is 0.695. The first-order valence-electron chi connectivity index (χ1n) is 6.09. The molecule has 1 unspecified atom stereocenters. The van der Waals surface area contributed by atoms with Gasteiger partial charge in [-0.15, -0.1) is 0 Å². The highest BCUT2D eigenvalue weighted by molar-refractivity contribution is 5.78. The smallest absolute Gasteiger partial charge is 0.317 e. The van der Waals surface area contributed by atoms with Gasteiger partial charge in [-0.2, -0.15) is 0 Å². The van der Waals surface area contributed by atoms with E-state index in [0.29, 0.717) is 39.1 Å². The summed E-state index contributed by atoms with van der Waals surface area (Å²) in [5, 5.41) is 2.94. The van der Waals surface area contributed by atoms with Crippen LogP contribution in [0.2, 0.25) is 0 Å². The number of hydrogen-bond donors (Lipinski definition) is 2. The van der Waals surface area contributed by atoms with E-state index in [1.807, 2.05) is 0 Å². The van der Waals surface area contributed by atoms with Crippen molar-refractivity contribution < 1.29 is 14.3 Å². The minimum atomic E-state index is -0.255. The van der Waals surface area contributed by atoms with Crippen LogP contribution < -0.4 is 11.1 Å². The van der Waals surface area contributed by atoms with E-state index in [4.69, 9.17) is 10.5 Å². The zero-order valence-corrected chi connectivity index (χ0v) is 9.85. The minimum absolute atomic E-state index is 0.0524. The number of rotatable bonds is 2. The maximum absolute atomic E-state index is 11.9. The van der Waals surface area contributed by atoms with Gasteiger partial charge in [0.15, 0.2) is 0 Å². The molecule has 2 aliphatic heterocycles. The highest BCUT2D eigenvalue weighted by Crippen LogP contribution is 2.17. The Labute approximate surface area is 100 Å². The number of nitrogens with one attached hydrogen (secondary N) is 1. The number of amides is 3. The van der Waals surface area contributed by atoms with Crippen LogP contribution in [-0.4, -0.2) is 49.2 Å². The summed E-state index contributed by atoms with van der Waals surface area (Å²) in [6, 6.07) is 0.0831. The molecule has 96 valence electrons. The van der Waals surface area contributed by atoms with E-state index in [9.17, 15) is 9.59 Å². The van der Waals surface area contributed by atoms with Crippen LogP contribution in [0.1, 0.15) is 19.3 Å². The number of carbonyl (C=O) groups is 2. The van der Waals surface area contributed by atoms with Crippen LogP contribution in [0.15, 0.2) is 0 Å². The number of primary amides is 1. The summed E-state index contributed by atoms with van der Waals surface area (Å²) in [6.07, 6.45) is 2.22. The Morgan fingerprint density at radius 1 is 1.24 bits per heavy atom. The van der Waals surface area contributed by atoms with Gasteiger partial charge in [0.05, 0.1) is 12.6 Å². The summed E-state index contributed by atoms with van der Waals surface area (Å²) >= 11 is 0. The molecular weight excluding hydrogens is 222 g/mol. The predicted octanol–water partition coefficient (Wildman–Crippen LogP) is -0.318. The summed E-state index contributed by atoms with van der Waals surface area (Å²) in [6.45, 7) is 2.53. The average molecular weight is 241 g/mol. The highest BCUT2D eigenvalue weighted by Gasteiger charge is 2.27. The molecule has 0 aliphatic carbocycles. The Morgan fingerprint density at radius 3 is 2.47 bits per heavy atom. The second-order valence-electron chi connectivity index (χ2n) is 4.67. The second-order valence-corrected chi connectivity index (χ2v) is 4.67. The van der Waals surface area contributed by atoms with E-state index in [1.54, 1.807) is 4.90 Å². The SMILES string of the molecule is NC(=O)C1CCN(C(=O)NC2CCOC2)CC1. The van der Waals surface area contributed by atoms with E-state index >= 15 is 0 Å². The number of piperidine rings is 1. The van der Waals surface area contributed by atoms with Gasteiger partial charge in [0.25, 0.3) is 0 Å². The maximum atomic E-state index is 11.9. The average Bonchev–Trinajstić information content (AvgIpc) is 2.82. The van der Waals surface area contributed by atoms with E-state index in [0.717, 1.165) is 6.42 Å². The number of nitrogens with zero attached hydrogens (tertiary/aromatic N) is 1. The fourth-order valence-electron chi connectivity index (χ4n) is 2.28. The van der Waals surface area contributed by atoms with Crippen molar-refractivity contribution in [3.05, 3.63) is 0 Å². The van der Waals surface area contributed by atoms with Gasteiger partial charge in [-0.25, -0.2) is 4.79 Å². The molecule has 2 fully saturated rings. The molecule has 2 rings (SSSR count). The molecule has 6 nitrogen and oxygen atoms in total. The molecule has 17 heavy (non-hydrogen) atoms.